The molecule has 1 amide bonds. The summed E-state index contributed by atoms with van der Waals surface area (Å²) in [5.41, 5.74) is 19.4. The first-order chi connectivity index (χ1) is 27.9. The van der Waals surface area contributed by atoms with Crippen molar-refractivity contribution in [2.24, 2.45) is 5.73 Å². The second-order valence-corrected chi connectivity index (χ2v) is 14.6. The fourth-order valence-electron chi connectivity index (χ4n) is 7.53. The Morgan fingerprint density at radius 1 is 0.586 bits per heavy atom. The van der Waals surface area contributed by atoms with Crippen LogP contribution in [0.25, 0.3) is 44.4 Å². The van der Waals surface area contributed by atoms with Crippen molar-refractivity contribution in [3.05, 3.63) is 69.3 Å². The van der Waals surface area contributed by atoms with Crippen molar-refractivity contribution >= 4 is 68.2 Å². The number of nitrogens with one attached hydrogen (secondary N) is 3. The van der Waals surface area contributed by atoms with Gasteiger partial charge in [-0.2, -0.15) is 0 Å². The monoisotopic (exact) mass is 794 g/mol. The van der Waals surface area contributed by atoms with Crippen LogP contribution in [0.5, 0.6) is 0 Å². The average molecular weight is 795 g/mol. The number of nitrogens with two attached hydrogens (primary N) is 1. The molecule has 5 N–H and O–H groups in total. The second kappa shape index (κ2) is 20.2. The Hall–Kier alpha value is -5.56. The summed E-state index contributed by atoms with van der Waals surface area (Å²) >= 11 is 0. The summed E-state index contributed by atoms with van der Waals surface area (Å²) in [6.45, 7) is 15.4. The molecule has 0 unspecified atom stereocenters. The maximum Gasteiger partial charge on any atom is 0.306 e. The number of hydrogen-bond donors (Lipinski definition) is 4. The van der Waals surface area contributed by atoms with E-state index in [1.807, 2.05) is 45.9 Å². The van der Waals surface area contributed by atoms with Crippen LogP contribution in [0.3, 0.4) is 0 Å². The third-order valence-corrected chi connectivity index (χ3v) is 10.8. The van der Waals surface area contributed by atoms with E-state index in [4.69, 9.17) is 29.9 Å². The van der Waals surface area contributed by atoms with Crippen LogP contribution in [0.15, 0.2) is 24.3 Å². The van der Waals surface area contributed by atoms with E-state index in [1.165, 1.54) is 0 Å². The molecule has 0 saturated heterocycles. The third kappa shape index (κ3) is 10.5. The molecule has 310 valence electrons. The molecule has 3 aromatic heterocycles. The number of allylic oxidation sites excluding steroid dienone is 4. The Labute approximate surface area is 340 Å². The Kier molecular flexibility index (Phi) is 15.2. The highest BCUT2D eigenvalue weighted by Gasteiger charge is 2.23. The number of H-pyrrole nitrogens is 2. The molecule has 2 aliphatic heterocycles. The van der Waals surface area contributed by atoms with Crippen molar-refractivity contribution in [2.45, 2.75) is 106 Å². The molecule has 0 aromatic carbocycles. The Bertz CT molecular complexity index is 2280. The predicted molar refractivity (Wildman–Crippen MR) is 227 cm³/mol. The van der Waals surface area contributed by atoms with E-state index in [1.54, 1.807) is 20.8 Å². The van der Waals surface area contributed by atoms with E-state index in [0.717, 1.165) is 72.3 Å². The molecule has 0 fully saturated rings. The number of carbonyl (C=O) groups excluding carboxylic acids is 4. The standard InChI is InChI=1S/C45H58N6O7/c1-8-56-43(53)17-13-31-27(5)35-22-38-30(12-16-42(52)47-21-11-20-46)26(4)34(48-38)23-39-32(14-18-44(54)57-9-2)28(6)36(50-39)25-41-33(15-19-45(55)58-10-3)29(7)37(51-41)24-40(31)49-35/h22-25,48-49H,8-21,46H2,1-7H3,(H,47,52). The molecule has 8 bridgehead atoms. The summed E-state index contributed by atoms with van der Waals surface area (Å²) in [6.07, 6.45) is 3.36. The second-order valence-electron chi connectivity index (χ2n) is 14.6. The van der Waals surface area contributed by atoms with Crippen molar-refractivity contribution in [1.29, 1.82) is 0 Å². The fourth-order valence-corrected chi connectivity index (χ4v) is 7.53. The van der Waals surface area contributed by atoms with E-state index in [9.17, 15) is 19.2 Å². The molecule has 2 aliphatic rings. The minimum absolute atomic E-state index is 0.0498. The topological polar surface area (TPSA) is 191 Å². The van der Waals surface area contributed by atoms with Gasteiger partial charge in [-0.3, -0.25) is 19.2 Å². The van der Waals surface area contributed by atoms with E-state index in [2.05, 4.69) is 21.4 Å². The highest BCUT2D eigenvalue weighted by Crippen LogP contribution is 2.38. The van der Waals surface area contributed by atoms with Gasteiger partial charge in [-0.25, -0.2) is 9.97 Å². The molecule has 0 atom stereocenters. The molecule has 13 heteroatoms. The molecule has 0 spiro atoms. The lowest BCUT2D eigenvalue weighted by Crippen LogP contribution is -2.26. The molecule has 0 radical (unpaired) electrons. The van der Waals surface area contributed by atoms with Crippen LogP contribution in [-0.2, 0) is 46.2 Å². The van der Waals surface area contributed by atoms with Gasteiger partial charge in [-0.05, 0) is 156 Å². The third-order valence-electron chi connectivity index (χ3n) is 10.8. The molecule has 13 nitrogen and oxygen atoms in total. The lowest BCUT2D eigenvalue weighted by molar-refractivity contribution is -0.143. The lowest BCUT2D eigenvalue weighted by atomic mass is 9.98. The molecule has 3 aromatic rings. The van der Waals surface area contributed by atoms with E-state index in [0.29, 0.717) is 82.1 Å². The molecule has 0 aliphatic carbocycles. The number of aryl methyl sites for hydroxylation is 4. The number of hydrogen-bond acceptors (Lipinski definition) is 10. The summed E-state index contributed by atoms with van der Waals surface area (Å²) in [7, 11) is 0. The molecular weight excluding hydrogens is 737 g/mol. The van der Waals surface area contributed by atoms with Crippen LogP contribution >= 0.6 is 0 Å². The normalized spacial score (nSPS) is 12.6. The van der Waals surface area contributed by atoms with Gasteiger partial charge in [-0.1, -0.05) is 0 Å². The van der Waals surface area contributed by atoms with Crippen molar-refractivity contribution in [3.8, 4) is 0 Å². The number of aromatic nitrogens is 4. The highest BCUT2D eigenvalue weighted by atomic mass is 16.5. The number of rotatable bonds is 18. The SMILES string of the molecule is CCOC(=O)CCC1=C(C)c2cc3[nH]c(cc4[nH]c(cc5nc(cc1n2)C(C)=C5CCC(=O)OCC)c(C)c4CCC(=O)NCCCN)c(C)c3CCC(=O)OCC. The van der Waals surface area contributed by atoms with Gasteiger partial charge in [0.1, 0.15) is 0 Å². The molecule has 0 saturated carbocycles. The Morgan fingerprint density at radius 3 is 1.53 bits per heavy atom. The average Bonchev–Trinajstić information content (AvgIpc) is 3.84. The number of nitrogens with zero attached hydrogens (tertiary/aromatic N) is 2. The number of aromatic amines is 2. The molecule has 5 rings (SSSR count). The maximum atomic E-state index is 12.9. The largest absolute Gasteiger partial charge is 0.466 e. The van der Waals surface area contributed by atoms with Crippen LogP contribution in [0.2, 0.25) is 0 Å². The smallest absolute Gasteiger partial charge is 0.306 e. The Balaban J connectivity index is 1.80. The predicted octanol–water partition coefficient (Wildman–Crippen LogP) is 7.37. The van der Waals surface area contributed by atoms with Crippen molar-refractivity contribution in [2.75, 3.05) is 32.9 Å². The minimum atomic E-state index is -0.285. The van der Waals surface area contributed by atoms with Crippen molar-refractivity contribution in [3.63, 3.8) is 0 Å². The number of carbonyl (C=O) groups is 4. The summed E-state index contributed by atoms with van der Waals surface area (Å²) < 4.78 is 15.8. The molecule has 58 heavy (non-hydrogen) atoms. The van der Waals surface area contributed by atoms with E-state index in [-0.39, 0.29) is 49.5 Å². The van der Waals surface area contributed by atoms with Gasteiger partial charge in [-0.15, -0.1) is 0 Å². The summed E-state index contributed by atoms with van der Waals surface area (Å²) in [6, 6.07) is 8.03. The number of ether oxygens (including phenoxy) is 3. The van der Waals surface area contributed by atoms with Crippen molar-refractivity contribution < 1.29 is 33.4 Å². The maximum absolute atomic E-state index is 12.9. The summed E-state index contributed by atoms with van der Waals surface area (Å²) in [5.74, 6) is -0.891. The zero-order valence-corrected chi connectivity index (χ0v) is 35.0. The van der Waals surface area contributed by atoms with Gasteiger partial charge in [0, 0.05) is 54.3 Å². The van der Waals surface area contributed by atoms with Gasteiger partial charge in [0.15, 0.2) is 0 Å². The highest BCUT2D eigenvalue weighted by molar-refractivity contribution is 5.96. The first kappa shape index (κ1) is 43.6. The number of fused-ring (bicyclic) bond motifs is 8. The van der Waals surface area contributed by atoms with E-state index < -0.39 is 0 Å². The first-order valence-corrected chi connectivity index (χ1v) is 20.5. The lowest BCUT2D eigenvalue weighted by Gasteiger charge is -2.06. The van der Waals surface area contributed by atoms with Crippen molar-refractivity contribution in [1.82, 2.24) is 25.3 Å². The number of amides is 1. The summed E-state index contributed by atoms with van der Waals surface area (Å²) in [4.78, 5) is 68.3. The summed E-state index contributed by atoms with van der Waals surface area (Å²) in [5, 5.41) is 2.97. The van der Waals surface area contributed by atoms with Gasteiger partial charge in [0.05, 0.1) is 42.6 Å². The van der Waals surface area contributed by atoms with Gasteiger partial charge >= 0.3 is 17.9 Å². The number of esters is 3. The Morgan fingerprint density at radius 2 is 1.02 bits per heavy atom. The fraction of sp³-hybridized carbons (Fsp3) is 0.467. The molecular formula is C45H58N6O7. The van der Waals surface area contributed by atoms with Crippen LogP contribution in [-0.4, -0.2) is 76.7 Å². The van der Waals surface area contributed by atoms with Gasteiger partial charge < -0.3 is 35.2 Å². The quantitative estimate of drug-likeness (QED) is 0.0574. The zero-order valence-electron chi connectivity index (χ0n) is 35.0. The van der Waals surface area contributed by atoms with Crippen LogP contribution in [0.1, 0.15) is 125 Å². The minimum Gasteiger partial charge on any atom is -0.466 e. The zero-order chi connectivity index (χ0) is 41.9. The van der Waals surface area contributed by atoms with E-state index >= 15 is 0 Å². The van der Waals surface area contributed by atoms with Crippen LogP contribution < -0.4 is 11.1 Å². The molecule has 5 heterocycles. The van der Waals surface area contributed by atoms with Gasteiger partial charge in [0.2, 0.25) is 5.91 Å². The van der Waals surface area contributed by atoms with Crippen LogP contribution in [0.4, 0.5) is 0 Å². The van der Waals surface area contributed by atoms with Gasteiger partial charge in [0.25, 0.3) is 0 Å². The van der Waals surface area contributed by atoms with Crippen LogP contribution in [0, 0.1) is 13.8 Å². The first-order valence-electron chi connectivity index (χ1n) is 20.5.